The van der Waals surface area contributed by atoms with Crippen LogP contribution in [-0.4, -0.2) is 13.0 Å². The van der Waals surface area contributed by atoms with Crippen molar-refractivity contribution in [1.82, 2.24) is 0 Å². The SMILES string of the molecule is [2H]c1c(OS(=O)(=O)[O-])c([2H])c2oc(=O)c([2H])c([2H])c2c1[2H].[K+]. The molecule has 0 amide bonds. The van der Waals surface area contributed by atoms with Gasteiger partial charge in [-0.1, -0.05) is 0 Å². The van der Waals surface area contributed by atoms with Gasteiger partial charge in [-0.3, -0.25) is 0 Å². The van der Waals surface area contributed by atoms with Gasteiger partial charge in [0, 0.05) is 17.5 Å². The summed E-state index contributed by atoms with van der Waals surface area (Å²) in [4.78, 5) is 11.3. The van der Waals surface area contributed by atoms with Crippen LogP contribution in [0.2, 0.25) is 0 Å². The summed E-state index contributed by atoms with van der Waals surface area (Å²) in [6.45, 7) is 0. The summed E-state index contributed by atoms with van der Waals surface area (Å²) in [7, 11) is -5.31. The van der Waals surface area contributed by atoms with Crippen LogP contribution in [0.15, 0.2) is 39.4 Å². The molecule has 2 rings (SSSR count). The molecular formula is C9H5KO6S. The van der Waals surface area contributed by atoms with Crippen LogP contribution in [0, 0.1) is 0 Å². The fourth-order valence-corrected chi connectivity index (χ4v) is 1.20. The molecule has 0 bridgehead atoms. The molecule has 1 heterocycles. The van der Waals surface area contributed by atoms with Crippen LogP contribution < -0.4 is 61.2 Å². The molecule has 0 unspecified atom stereocenters. The monoisotopic (exact) mass is 285 g/mol. The van der Waals surface area contributed by atoms with Crippen molar-refractivity contribution in [2.45, 2.75) is 0 Å². The van der Waals surface area contributed by atoms with Crippen LogP contribution in [0.1, 0.15) is 6.85 Å². The standard InChI is InChI=1S/C9H6O6S.K/c10-9-4-2-6-1-3-7(5-8(6)14-9)15-16(11,12)13;/h1-5H,(H,11,12,13);/q;+1/p-1/i1D,2D,3D,4D,5D;. The van der Waals surface area contributed by atoms with Gasteiger partial charge in [-0.2, -0.15) is 0 Å². The average molecular weight is 285 g/mol. The summed E-state index contributed by atoms with van der Waals surface area (Å²) in [5.74, 6) is -1.08. The van der Waals surface area contributed by atoms with Crippen molar-refractivity contribution < 1.29 is 79.8 Å². The molecule has 8 heteroatoms. The van der Waals surface area contributed by atoms with Crippen molar-refractivity contribution in [2.24, 2.45) is 0 Å². The van der Waals surface area contributed by atoms with Gasteiger partial charge in [0.15, 0.2) is 0 Å². The summed E-state index contributed by atoms with van der Waals surface area (Å²) in [6.07, 6.45) is 0. The van der Waals surface area contributed by atoms with Gasteiger partial charge in [-0.05, 0) is 18.1 Å². The summed E-state index contributed by atoms with van der Waals surface area (Å²) in [5, 5.41) is -0.495. The van der Waals surface area contributed by atoms with Gasteiger partial charge in [0.05, 0.1) is 6.85 Å². The molecule has 0 spiro atoms. The molecular weight excluding hydrogens is 275 g/mol. The van der Waals surface area contributed by atoms with Crippen molar-refractivity contribution in [3.8, 4) is 5.75 Å². The average Bonchev–Trinajstić information content (AvgIpc) is 2.37. The second-order valence-electron chi connectivity index (χ2n) is 2.54. The molecule has 6 nitrogen and oxygen atoms in total. The second kappa shape index (κ2) is 5.61. The summed E-state index contributed by atoms with van der Waals surface area (Å²) < 4.78 is 77.8. The topological polar surface area (TPSA) is 96.6 Å². The van der Waals surface area contributed by atoms with Gasteiger partial charge in [0.25, 0.3) is 10.4 Å². The smallest absolute Gasteiger partial charge is 0.716 e. The first-order valence-electron chi connectivity index (χ1n) is 6.23. The van der Waals surface area contributed by atoms with Crippen LogP contribution >= 0.6 is 0 Å². The third-order valence-electron chi connectivity index (χ3n) is 1.42. The molecule has 0 saturated carbocycles. The minimum absolute atomic E-state index is 0. The Balaban J connectivity index is 0.00000242. The van der Waals surface area contributed by atoms with Crippen molar-refractivity contribution in [3.63, 3.8) is 0 Å². The van der Waals surface area contributed by atoms with E-state index in [2.05, 4.69) is 8.60 Å². The largest absolute Gasteiger partial charge is 1.00 e. The van der Waals surface area contributed by atoms with E-state index < -0.39 is 63.0 Å². The zero-order valence-electron chi connectivity index (χ0n) is 13.4. The Bertz CT molecular complexity index is 925. The number of fused-ring (bicyclic) bond motifs is 1. The van der Waals surface area contributed by atoms with Crippen LogP contribution in [0.3, 0.4) is 0 Å². The van der Waals surface area contributed by atoms with Gasteiger partial charge in [-0.15, -0.1) is 0 Å². The maximum absolute atomic E-state index is 11.3. The van der Waals surface area contributed by atoms with Crippen molar-refractivity contribution >= 4 is 21.4 Å². The van der Waals surface area contributed by atoms with E-state index in [0.29, 0.717) is 0 Å². The summed E-state index contributed by atoms with van der Waals surface area (Å²) in [5.41, 5.74) is -1.99. The molecule has 2 aromatic rings. The van der Waals surface area contributed by atoms with Crippen molar-refractivity contribution in [3.05, 3.63) is 40.6 Å². The molecule has 84 valence electrons. The zero-order valence-corrected chi connectivity index (χ0v) is 12.3. The molecule has 1 aromatic heterocycles. The fourth-order valence-electron chi connectivity index (χ4n) is 0.913. The fraction of sp³-hybridized carbons (Fsp3) is 0. The molecule has 0 N–H and O–H groups in total. The molecule has 0 aliphatic rings. The van der Waals surface area contributed by atoms with Crippen LogP contribution in [0.4, 0.5) is 0 Å². The third-order valence-corrected chi connectivity index (χ3v) is 1.80. The molecule has 1 aromatic carbocycles. The predicted octanol–water partition coefficient (Wildman–Crippen LogP) is -2.36. The molecule has 0 aliphatic carbocycles. The quantitative estimate of drug-likeness (QED) is 0.265. The van der Waals surface area contributed by atoms with Crippen molar-refractivity contribution in [1.29, 1.82) is 0 Å². The summed E-state index contributed by atoms with van der Waals surface area (Å²) in [6, 6.07) is -4.32. The maximum Gasteiger partial charge on any atom is 1.00 e. The van der Waals surface area contributed by atoms with Crippen LogP contribution in [0.25, 0.3) is 11.0 Å². The van der Waals surface area contributed by atoms with E-state index in [-0.39, 0.29) is 51.4 Å². The number of rotatable bonds is 2. The minimum Gasteiger partial charge on any atom is -0.716 e. The van der Waals surface area contributed by atoms with E-state index in [1.165, 1.54) is 0 Å². The van der Waals surface area contributed by atoms with Gasteiger partial charge < -0.3 is 13.2 Å². The van der Waals surface area contributed by atoms with Crippen molar-refractivity contribution in [2.75, 3.05) is 0 Å². The number of hydrogen-bond donors (Lipinski definition) is 0. The Kier molecular flexibility index (Phi) is 2.91. The molecule has 0 saturated heterocycles. The first-order valence-corrected chi connectivity index (χ1v) is 5.07. The van der Waals surface area contributed by atoms with E-state index in [1.807, 2.05) is 0 Å². The Morgan fingerprint density at radius 1 is 1.29 bits per heavy atom. The molecule has 0 aliphatic heterocycles. The van der Waals surface area contributed by atoms with E-state index >= 15 is 0 Å². The van der Waals surface area contributed by atoms with Crippen LogP contribution in [-0.2, 0) is 10.4 Å². The Hall–Kier alpha value is -0.224. The first kappa shape index (κ1) is 8.81. The molecule has 17 heavy (non-hydrogen) atoms. The Morgan fingerprint density at radius 2 is 1.94 bits per heavy atom. The number of benzene rings is 1. The van der Waals surface area contributed by atoms with Gasteiger partial charge in [0.2, 0.25) is 0 Å². The van der Waals surface area contributed by atoms with Gasteiger partial charge in [0.1, 0.15) is 11.3 Å². The van der Waals surface area contributed by atoms with E-state index in [4.69, 9.17) is 6.85 Å². The minimum atomic E-state index is -5.31. The van der Waals surface area contributed by atoms with Crippen LogP contribution in [0.5, 0.6) is 5.75 Å². The Morgan fingerprint density at radius 3 is 2.59 bits per heavy atom. The van der Waals surface area contributed by atoms with Gasteiger partial charge >= 0.3 is 57.0 Å². The molecule has 0 radical (unpaired) electrons. The summed E-state index contributed by atoms with van der Waals surface area (Å²) >= 11 is 0. The first-order chi connectivity index (χ1) is 9.54. The predicted molar refractivity (Wildman–Crippen MR) is 52.8 cm³/mol. The third kappa shape index (κ3) is 4.18. The second-order valence-corrected chi connectivity index (χ2v) is 3.52. The normalized spacial score (nSPS) is 15.0. The zero-order chi connectivity index (χ0) is 16.1. The van der Waals surface area contributed by atoms with E-state index in [9.17, 15) is 17.8 Å². The maximum atomic E-state index is 11.3. The van der Waals surface area contributed by atoms with Gasteiger partial charge in [-0.25, -0.2) is 13.2 Å². The van der Waals surface area contributed by atoms with E-state index in [1.54, 1.807) is 0 Å². The number of hydrogen-bond acceptors (Lipinski definition) is 6. The molecule has 0 fully saturated rings. The molecule has 0 atom stereocenters. The van der Waals surface area contributed by atoms with E-state index in [0.717, 1.165) is 0 Å². The Labute approximate surface area is 146 Å².